The summed E-state index contributed by atoms with van der Waals surface area (Å²) in [7, 11) is 5.74. The minimum atomic E-state index is -0.196. The predicted molar refractivity (Wildman–Crippen MR) is 74.7 cm³/mol. The molecule has 0 radical (unpaired) electrons. The molecule has 2 heterocycles. The Morgan fingerprint density at radius 1 is 1.58 bits per heavy atom. The fraction of sp³-hybridized carbons (Fsp3) is 0.333. The maximum Gasteiger partial charge on any atom is 0.261 e. The zero-order chi connectivity index (χ0) is 14.0. The number of amides is 1. The number of imidazole rings is 1. The summed E-state index contributed by atoms with van der Waals surface area (Å²) in [5.41, 5.74) is 0.915. The number of thiophene rings is 1. The van der Waals surface area contributed by atoms with Crippen molar-refractivity contribution in [1.29, 1.82) is 0 Å². The molecule has 2 rings (SSSR count). The van der Waals surface area contributed by atoms with E-state index in [9.17, 15) is 9.90 Å². The summed E-state index contributed by atoms with van der Waals surface area (Å²) < 4.78 is 1.92. The number of nitrogens with zero attached hydrogens (tertiary/aromatic N) is 3. The molecule has 7 heteroatoms. The van der Waals surface area contributed by atoms with E-state index in [4.69, 9.17) is 0 Å². The second-order valence-corrected chi connectivity index (χ2v) is 5.27. The fourth-order valence-corrected chi connectivity index (χ4v) is 2.40. The lowest BCUT2D eigenvalue weighted by Gasteiger charge is -2.12. The van der Waals surface area contributed by atoms with Crippen LogP contribution in [0.15, 0.2) is 17.6 Å². The number of rotatable bonds is 4. The second-order valence-electron chi connectivity index (χ2n) is 4.35. The Morgan fingerprint density at radius 3 is 2.84 bits per heavy atom. The summed E-state index contributed by atoms with van der Waals surface area (Å²) in [6.07, 6.45) is 1.74. The highest BCUT2D eigenvalue weighted by Gasteiger charge is 2.11. The maximum absolute atomic E-state index is 11.8. The lowest BCUT2D eigenvalue weighted by atomic mass is 10.4. The van der Waals surface area contributed by atoms with E-state index in [0.717, 1.165) is 11.6 Å². The van der Waals surface area contributed by atoms with Gasteiger partial charge in [0.15, 0.2) is 0 Å². The van der Waals surface area contributed by atoms with E-state index >= 15 is 0 Å². The molecule has 0 aliphatic heterocycles. The van der Waals surface area contributed by atoms with Gasteiger partial charge in [-0.25, -0.2) is 4.98 Å². The lowest BCUT2D eigenvalue weighted by Crippen LogP contribution is -2.23. The van der Waals surface area contributed by atoms with Crippen molar-refractivity contribution >= 4 is 23.2 Å². The number of nitrogens with one attached hydrogen (secondary N) is 1. The zero-order valence-electron chi connectivity index (χ0n) is 11.0. The van der Waals surface area contributed by atoms with Crippen LogP contribution in [0.5, 0.6) is 5.75 Å². The van der Waals surface area contributed by atoms with E-state index in [1.807, 2.05) is 30.6 Å². The van der Waals surface area contributed by atoms with Crippen molar-refractivity contribution in [2.45, 2.75) is 6.54 Å². The molecule has 0 aliphatic carbocycles. The van der Waals surface area contributed by atoms with E-state index in [1.165, 1.54) is 22.8 Å². The fourth-order valence-electron chi connectivity index (χ4n) is 1.72. The Labute approximate surface area is 115 Å². The van der Waals surface area contributed by atoms with Crippen LogP contribution in [0.2, 0.25) is 0 Å². The van der Waals surface area contributed by atoms with Crippen LogP contribution in [0.3, 0.4) is 0 Å². The van der Waals surface area contributed by atoms with Crippen LogP contribution in [-0.4, -0.2) is 34.7 Å². The molecule has 0 atom stereocenters. The molecular weight excluding hydrogens is 264 g/mol. The minimum absolute atomic E-state index is 0.116. The Bertz CT molecular complexity index is 588. The van der Waals surface area contributed by atoms with Crippen LogP contribution in [0, 0.1) is 0 Å². The molecule has 1 amide bonds. The molecule has 0 bridgehead atoms. The van der Waals surface area contributed by atoms with Crippen LogP contribution < -0.4 is 10.2 Å². The summed E-state index contributed by atoms with van der Waals surface area (Å²) in [4.78, 5) is 18.5. The quantitative estimate of drug-likeness (QED) is 0.882. The predicted octanol–water partition coefficient (Wildman–Crippen LogP) is 1.18. The van der Waals surface area contributed by atoms with Gasteiger partial charge in [-0.05, 0) is 0 Å². The highest BCUT2D eigenvalue weighted by molar-refractivity contribution is 7.12. The third-order valence-corrected chi connectivity index (χ3v) is 3.62. The molecule has 0 spiro atoms. The summed E-state index contributed by atoms with van der Waals surface area (Å²) in [5.74, 6) is 0.751. The van der Waals surface area contributed by atoms with E-state index in [2.05, 4.69) is 10.3 Å². The third-order valence-electron chi connectivity index (χ3n) is 2.70. The lowest BCUT2D eigenvalue weighted by molar-refractivity contribution is 0.0954. The molecule has 6 nitrogen and oxygen atoms in total. The Hall–Kier alpha value is -2.02. The van der Waals surface area contributed by atoms with Crippen molar-refractivity contribution in [2.75, 3.05) is 19.0 Å². The van der Waals surface area contributed by atoms with Gasteiger partial charge in [0, 0.05) is 32.6 Å². The number of aromatic hydroxyl groups is 1. The maximum atomic E-state index is 11.8. The van der Waals surface area contributed by atoms with Crippen molar-refractivity contribution in [3.05, 3.63) is 28.2 Å². The summed E-state index contributed by atoms with van der Waals surface area (Å²) in [5, 5.41) is 13.5. The first kappa shape index (κ1) is 13.4. The number of aromatic nitrogens is 2. The van der Waals surface area contributed by atoms with Crippen LogP contribution in [0.1, 0.15) is 15.4 Å². The smallest absolute Gasteiger partial charge is 0.261 e. The molecule has 102 valence electrons. The molecule has 0 saturated heterocycles. The van der Waals surface area contributed by atoms with Gasteiger partial charge in [-0.3, -0.25) is 4.79 Å². The van der Waals surface area contributed by atoms with Gasteiger partial charge >= 0.3 is 0 Å². The van der Waals surface area contributed by atoms with Crippen molar-refractivity contribution in [1.82, 2.24) is 14.9 Å². The first-order chi connectivity index (χ1) is 8.99. The zero-order valence-corrected chi connectivity index (χ0v) is 11.9. The molecule has 2 aromatic heterocycles. The van der Waals surface area contributed by atoms with Crippen LogP contribution in [0.4, 0.5) is 5.95 Å². The van der Waals surface area contributed by atoms with Gasteiger partial charge in [0.1, 0.15) is 5.75 Å². The van der Waals surface area contributed by atoms with Crippen molar-refractivity contribution in [3.8, 4) is 5.75 Å². The van der Waals surface area contributed by atoms with E-state index < -0.39 is 0 Å². The molecule has 2 aromatic rings. The summed E-state index contributed by atoms with van der Waals surface area (Å²) >= 11 is 1.21. The molecule has 0 aliphatic rings. The van der Waals surface area contributed by atoms with Crippen molar-refractivity contribution < 1.29 is 9.90 Å². The first-order valence-corrected chi connectivity index (χ1v) is 6.60. The number of carbonyl (C=O) groups is 1. The average molecular weight is 280 g/mol. The number of carbonyl (C=O) groups excluding carboxylic acids is 1. The van der Waals surface area contributed by atoms with Crippen LogP contribution in [0.25, 0.3) is 0 Å². The Kier molecular flexibility index (Phi) is 3.75. The molecule has 2 N–H and O–H groups in total. The van der Waals surface area contributed by atoms with Gasteiger partial charge in [-0.2, -0.15) is 0 Å². The van der Waals surface area contributed by atoms with Gasteiger partial charge in [0.25, 0.3) is 5.91 Å². The number of anilines is 1. The molecule has 0 aromatic carbocycles. The van der Waals surface area contributed by atoms with Crippen LogP contribution in [-0.2, 0) is 13.6 Å². The van der Waals surface area contributed by atoms with Gasteiger partial charge in [-0.1, -0.05) is 0 Å². The minimum Gasteiger partial charge on any atom is -0.507 e. The molecule has 0 unspecified atom stereocenters. The SMILES string of the molecule is CN(C)c1ncc(CNC(=O)c2cc(O)cs2)n1C. The number of hydrogen-bond acceptors (Lipinski definition) is 5. The third kappa shape index (κ3) is 2.87. The van der Waals surface area contributed by atoms with E-state index in [0.29, 0.717) is 11.4 Å². The largest absolute Gasteiger partial charge is 0.507 e. The summed E-state index contributed by atoms with van der Waals surface area (Å²) in [6, 6.07) is 1.45. The second kappa shape index (κ2) is 5.31. The Balaban J connectivity index is 2.01. The highest BCUT2D eigenvalue weighted by Crippen LogP contribution is 2.19. The molecule has 0 fully saturated rings. The average Bonchev–Trinajstić information content (AvgIpc) is 2.93. The van der Waals surface area contributed by atoms with E-state index in [-0.39, 0.29) is 11.7 Å². The summed E-state index contributed by atoms with van der Waals surface area (Å²) in [6.45, 7) is 0.398. The standard InChI is InChI=1S/C12H16N4O2S/c1-15(2)12-14-6-8(16(12)3)5-13-11(18)10-4-9(17)7-19-10/h4,6-7,17H,5H2,1-3H3,(H,13,18). The monoisotopic (exact) mass is 280 g/mol. The van der Waals surface area contributed by atoms with Gasteiger partial charge in [0.2, 0.25) is 5.95 Å². The molecular formula is C12H16N4O2S. The molecule has 0 saturated carbocycles. The number of hydrogen-bond donors (Lipinski definition) is 2. The van der Waals surface area contributed by atoms with E-state index in [1.54, 1.807) is 6.20 Å². The van der Waals surface area contributed by atoms with Crippen molar-refractivity contribution in [3.63, 3.8) is 0 Å². The topological polar surface area (TPSA) is 70.4 Å². The molecule has 19 heavy (non-hydrogen) atoms. The Morgan fingerprint density at radius 2 is 2.32 bits per heavy atom. The highest BCUT2D eigenvalue weighted by atomic mass is 32.1. The van der Waals surface area contributed by atoms with Gasteiger partial charge in [0.05, 0.1) is 23.3 Å². The van der Waals surface area contributed by atoms with Crippen LogP contribution >= 0.6 is 11.3 Å². The van der Waals surface area contributed by atoms with Crippen molar-refractivity contribution in [2.24, 2.45) is 7.05 Å². The normalized spacial score (nSPS) is 10.5. The first-order valence-electron chi connectivity index (χ1n) is 5.72. The van der Waals surface area contributed by atoms with Gasteiger partial charge in [-0.15, -0.1) is 11.3 Å². The van der Waals surface area contributed by atoms with Gasteiger partial charge < -0.3 is 19.9 Å².